The minimum Gasteiger partial charge on any atom is -0.481 e. The third kappa shape index (κ3) is 4.26. The molecule has 0 aliphatic carbocycles. The van der Waals surface area contributed by atoms with Crippen LogP contribution < -0.4 is 0 Å². The highest BCUT2D eigenvalue weighted by atomic mass is 32.2. The lowest BCUT2D eigenvalue weighted by atomic mass is 9.88. The van der Waals surface area contributed by atoms with Crippen molar-refractivity contribution in [3.05, 3.63) is 35.9 Å². The number of carbonyl (C=O) groups is 2. The maximum Gasteiger partial charge on any atom is 0.313 e. The summed E-state index contributed by atoms with van der Waals surface area (Å²) < 4.78 is 5.06. The van der Waals surface area contributed by atoms with Gasteiger partial charge >= 0.3 is 5.97 Å². The van der Waals surface area contributed by atoms with Crippen LogP contribution in [0.4, 0.5) is 0 Å². The van der Waals surface area contributed by atoms with Gasteiger partial charge in [-0.25, -0.2) is 0 Å². The molecule has 5 nitrogen and oxygen atoms in total. The number of amides is 1. The molecular formula is C17H23NO4S. The van der Waals surface area contributed by atoms with Crippen LogP contribution >= 0.6 is 11.8 Å². The van der Waals surface area contributed by atoms with Crippen LogP contribution in [0.5, 0.6) is 0 Å². The topological polar surface area (TPSA) is 66.8 Å². The largest absolute Gasteiger partial charge is 0.481 e. The molecule has 23 heavy (non-hydrogen) atoms. The molecule has 1 N–H and O–H groups in total. The van der Waals surface area contributed by atoms with Gasteiger partial charge in [-0.3, -0.25) is 9.59 Å². The van der Waals surface area contributed by atoms with E-state index in [2.05, 4.69) is 0 Å². The number of aliphatic carboxylic acids is 1. The molecule has 2 atom stereocenters. The Balaban J connectivity index is 1.91. The van der Waals surface area contributed by atoms with E-state index in [-0.39, 0.29) is 24.3 Å². The Bertz CT molecular complexity index is 551. The molecule has 0 radical (unpaired) electrons. The lowest BCUT2D eigenvalue weighted by Crippen LogP contribution is -2.42. The first-order valence-corrected chi connectivity index (χ1v) is 8.70. The zero-order valence-electron chi connectivity index (χ0n) is 13.5. The van der Waals surface area contributed by atoms with Crippen molar-refractivity contribution < 1.29 is 19.4 Å². The van der Waals surface area contributed by atoms with Crippen molar-refractivity contribution in [2.45, 2.75) is 24.3 Å². The van der Waals surface area contributed by atoms with E-state index in [1.807, 2.05) is 37.3 Å². The Hall–Kier alpha value is -1.53. The summed E-state index contributed by atoms with van der Waals surface area (Å²) in [6.45, 7) is 2.72. The van der Waals surface area contributed by atoms with E-state index in [1.54, 1.807) is 16.7 Å². The fourth-order valence-corrected chi connectivity index (χ4v) is 3.74. The van der Waals surface area contributed by atoms with Crippen LogP contribution in [0.2, 0.25) is 0 Å². The molecule has 0 bridgehead atoms. The SMILES string of the molecule is COCC1(C(=O)O)CCN(C(=O)C(C)SCc2ccccc2)C1. The number of carboxylic acids is 1. The minimum absolute atomic E-state index is 0.00478. The normalized spacial score (nSPS) is 22.1. The maximum absolute atomic E-state index is 12.6. The summed E-state index contributed by atoms with van der Waals surface area (Å²) in [6.07, 6.45) is 0.442. The number of thioether (sulfide) groups is 1. The van der Waals surface area contributed by atoms with Gasteiger partial charge in [-0.1, -0.05) is 30.3 Å². The minimum atomic E-state index is -0.964. The molecule has 1 aliphatic rings. The number of benzene rings is 1. The van der Waals surface area contributed by atoms with Crippen LogP contribution in [-0.2, 0) is 20.1 Å². The van der Waals surface area contributed by atoms with Crippen LogP contribution in [0.3, 0.4) is 0 Å². The smallest absolute Gasteiger partial charge is 0.313 e. The molecule has 1 aliphatic heterocycles. The average Bonchev–Trinajstić information content (AvgIpc) is 2.99. The lowest BCUT2D eigenvalue weighted by molar-refractivity contribution is -0.151. The van der Waals surface area contributed by atoms with E-state index >= 15 is 0 Å². The zero-order valence-corrected chi connectivity index (χ0v) is 14.3. The molecule has 0 aromatic heterocycles. The Morgan fingerprint density at radius 2 is 2.09 bits per heavy atom. The van der Waals surface area contributed by atoms with Crippen LogP contribution in [0.15, 0.2) is 30.3 Å². The summed E-state index contributed by atoms with van der Waals surface area (Å²) in [6, 6.07) is 10.0. The van der Waals surface area contributed by atoms with Gasteiger partial charge in [0.15, 0.2) is 0 Å². The second-order valence-corrected chi connectivity index (χ2v) is 7.30. The molecule has 1 heterocycles. The third-order valence-electron chi connectivity index (χ3n) is 4.23. The molecule has 1 aromatic rings. The summed E-state index contributed by atoms with van der Waals surface area (Å²) in [5, 5.41) is 9.27. The number of ether oxygens (including phenoxy) is 1. The van der Waals surface area contributed by atoms with Crippen LogP contribution in [0.1, 0.15) is 18.9 Å². The molecule has 2 rings (SSSR count). The molecule has 126 valence electrons. The monoisotopic (exact) mass is 337 g/mol. The van der Waals surface area contributed by atoms with Crippen LogP contribution in [0.25, 0.3) is 0 Å². The predicted molar refractivity (Wildman–Crippen MR) is 90.3 cm³/mol. The molecule has 0 saturated carbocycles. The molecule has 1 saturated heterocycles. The third-order valence-corrected chi connectivity index (χ3v) is 5.43. The Morgan fingerprint density at radius 1 is 1.39 bits per heavy atom. The number of rotatable bonds is 7. The van der Waals surface area contributed by atoms with Crippen molar-refractivity contribution in [3.63, 3.8) is 0 Å². The molecule has 6 heteroatoms. The van der Waals surface area contributed by atoms with Crippen molar-refractivity contribution in [2.75, 3.05) is 26.8 Å². The number of likely N-dealkylation sites (tertiary alicyclic amines) is 1. The highest BCUT2D eigenvalue weighted by Crippen LogP contribution is 2.32. The first-order valence-electron chi connectivity index (χ1n) is 7.65. The standard InChI is InChI=1S/C17H23NO4S/c1-13(23-10-14-6-4-3-5-7-14)15(19)18-9-8-17(11-18,12-22-2)16(20)21/h3-7,13H,8-12H2,1-2H3,(H,20,21). The first-order chi connectivity index (χ1) is 11.0. The van der Waals surface area contributed by atoms with Crippen LogP contribution in [0, 0.1) is 5.41 Å². The van der Waals surface area contributed by atoms with E-state index in [0.717, 1.165) is 5.75 Å². The first kappa shape index (κ1) is 17.8. The fourth-order valence-electron chi connectivity index (χ4n) is 2.81. The van der Waals surface area contributed by atoms with Crippen molar-refractivity contribution in [3.8, 4) is 0 Å². The second-order valence-electron chi connectivity index (χ2n) is 5.97. The molecule has 2 unspecified atom stereocenters. The Kier molecular flexibility index (Phi) is 6.07. The predicted octanol–water partition coefficient (Wildman–Crippen LogP) is 2.26. The van der Waals surface area contributed by atoms with Crippen molar-refractivity contribution in [2.24, 2.45) is 5.41 Å². The van der Waals surface area contributed by atoms with E-state index < -0.39 is 11.4 Å². The highest BCUT2D eigenvalue weighted by molar-refractivity contribution is 7.99. The Labute approximate surface area is 141 Å². The van der Waals surface area contributed by atoms with E-state index in [1.165, 1.54) is 12.7 Å². The number of nitrogens with zero attached hydrogens (tertiary/aromatic N) is 1. The molecule has 1 amide bonds. The molecule has 0 spiro atoms. The molecule has 1 fully saturated rings. The van der Waals surface area contributed by atoms with E-state index in [4.69, 9.17) is 4.74 Å². The van der Waals surface area contributed by atoms with Gasteiger partial charge in [0.05, 0.1) is 11.9 Å². The van der Waals surface area contributed by atoms with Crippen LogP contribution in [-0.4, -0.2) is 53.9 Å². The fraction of sp³-hybridized carbons (Fsp3) is 0.529. The van der Waals surface area contributed by atoms with Gasteiger partial charge < -0.3 is 14.7 Å². The van der Waals surface area contributed by atoms with E-state index in [0.29, 0.717) is 13.0 Å². The van der Waals surface area contributed by atoms with Gasteiger partial charge in [0.25, 0.3) is 0 Å². The van der Waals surface area contributed by atoms with Crippen molar-refractivity contribution >= 4 is 23.6 Å². The van der Waals surface area contributed by atoms with Crippen molar-refractivity contribution in [1.29, 1.82) is 0 Å². The van der Waals surface area contributed by atoms with E-state index in [9.17, 15) is 14.7 Å². The summed E-state index contributed by atoms with van der Waals surface area (Å²) in [5.74, 6) is -0.117. The van der Waals surface area contributed by atoms with Gasteiger partial charge in [0.1, 0.15) is 5.41 Å². The van der Waals surface area contributed by atoms with Gasteiger partial charge in [0, 0.05) is 26.0 Å². The molecule has 1 aromatic carbocycles. The second kappa shape index (κ2) is 7.84. The quantitative estimate of drug-likeness (QED) is 0.827. The number of hydrogen-bond acceptors (Lipinski definition) is 4. The van der Waals surface area contributed by atoms with Gasteiger partial charge in [-0.2, -0.15) is 0 Å². The summed E-state index contributed by atoms with van der Waals surface area (Å²) >= 11 is 1.58. The number of methoxy groups -OCH3 is 1. The summed E-state index contributed by atoms with van der Waals surface area (Å²) in [5.41, 5.74) is 0.214. The van der Waals surface area contributed by atoms with Crippen molar-refractivity contribution in [1.82, 2.24) is 4.90 Å². The highest BCUT2D eigenvalue weighted by Gasteiger charge is 2.46. The summed E-state index contributed by atoms with van der Waals surface area (Å²) in [7, 11) is 1.49. The Morgan fingerprint density at radius 3 is 2.70 bits per heavy atom. The number of hydrogen-bond donors (Lipinski definition) is 1. The summed E-state index contributed by atoms with van der Waals surface area (Å²) in [4.78, 5) is 25.8. The number of carboxylic acid groups (broad SMARTS) is 1. The zero-order chi connectivity index (χ0) is 16.9. The maximum atomic E-state index is 12.6. The number of carbonyl (C=O) groups excluding carboxylic acids is 1. The molecular weight excluding hydrogens is 314 g/mol. The van der Waals surface area contributed by atoms with Gasteiger partial charge in [-0.15, -0.1) is 11.8 Å². The van der Waals surface area contributed by atoms with Gasteiger partial charge in [0.2, 0.25) is 5.91 Å². The lowest BCUT2D eigenvalue weighted by Gasteiger charge is -2.25. The average molecular weight is 337 g/mol. The van der Waals surface area contributed by atoms with Gasteiger partial charge in [-0.05, 0) is 18.9 Å².